The van der Waals surface area contributed by atoms with Gasteiger partial charge in [0.1, 0.15) is 6.04 Å². The Hall–Kier alpha value is -1.58. The fourth-order valence-corrected chi connectivity index (χ4v) is 2.31. The number of likely N-dealkylation sites (tertiary alicyclic amines) is 1. The van der Waals surface area contributed by atoms with E-state index in [1.54, 1.807) is 18.9 Å². The van der Waals surface area contributed by atoms with E-state index in [4.69, 9.17) is 5.73 Å². The van der Waals surface area contributed by atoms with Crippen molar-refractivity contribution in [1.82, 2.24) is 14.7 Å². The summed E-state index contributed by atoms with van der Waals surface area (Å²) in [5, 5.41) is 0. The Morgan fingerprint density at radius 3 is 2.62 bits per heavy atom. The largest absolute Gasteiger partial charge is 0.333 e. The third-order valence-electron chi connectivity index (χ3n) is 3.70. The number of nitrogens with zero attached hydrogens (tertiary/aromatic N) is 3. The summed E-state index contributed by atoms with van der Waals surface area (Å²) in [6.45, 7) is 5.82. The molecule has 0 aromatic heterocycles. The minimum Gasteiger partial charge on any atom is -0.333 e. The number of amides is 2. The second-order valence-electron chi connectivity index (χ2n) is 5.34. The first-order valence-electron chi connectivity index (χ1n) is 7.44. The predicted molar refractivity (Wildman–Crippen MR) is 82.4 cm³/mol. The van der Waals surface area contributed by atoms with Crippen LogP contribution in [0.1, 0.15) is 19.8 Å². The van der Waals surface area contributed by atoms with Gasteiger partial charge in [-0.1, -0.05) is 11.8 Å². The molecule has 0 saturated carbocycles. The zero-order valence-corrected chi connectivity index (χ0v) is 13.0. The van der Waals surface area contributed by atoms with Gasteiger partial charge in [-0.2, -0.15) is 0 Å². The van der Waals surface area contributed by atoms with Gasteiger partial charge < -0.3 is 15.5 Å². The predicted octanol–water partition coefficient (Wildman–Crippen LogP) is -0.650. The maximum absolute atomic E-state index is 12.2. The second kappa shape index (κ2) is 9.37. The van der Waals surface area contributed by atoms with Crippen LogP contribution in [0, 0.1) is 11.8 Å². The number of likely N-dealkylation sites (N-methyl/N-ethyl adjacent to an activating group) is 1. The van der Waals surface area contributed by atoms with E-state index in [2.05, 4.69) is 16.7 Å². The summed E-state index contributed by atoms with van der Waals surface area (Å²) in [7, 11) is 1.70. The standard InChI is InChI=1S/C15H26N4O2/c1-14(19(13-20)12-7-16)15(21)17(2)8-3-4-9-18-10-5-6-11-18/h13-14H,5-12,16H2,1-2H3. The molecule has 118 valence electrons. The van der Waals surface area contributed by atoms with Crippen molar-refractivity contribution in [3.05, 3.63) is 0 Å². The normalized spacial score (nSPS) is 16.0. The number of nitrogens with two attached hydrogens (primary N) is 1. The Morgan fingerprint density at radius 2 is 2.05 bits per heavy atom. The minimum absolute atomic E-state index is 0.119. The summed E-state index contributed by atoms with van der Waals surface area (Å²) in [5.41, 5.74) is 5.42. The number of hydrogen-bond acceptors (Lipinski definition) is 4. The molecule has 1 aliphatic heterocycles. The van der Waals surface area contributed by atoms with Gasteiger partial charge in [0.05, 0.1) is 13.1 Å². The van der Waals surface area contributed by atoms with Crippen LogP contribution < -0.4 is 5.73 Å². The van der Waals surface area contributed by atoms with Gasteiger partial charge in [-0.15, -0.1) is 0 Å². The molecule has 0 bridgehead atoms. The van der Waals surface area contributed by atoms with E-state index >= 15 is 0 Å². The molecule has 6 heteroatoms. The fourth-order valence-electron chi connectivity index (χ4n) is 2.31. The first kappa shape index (κ1) is 17.5. The molecule has 1 saturated heterocycles. The van der Waals surface area contributed by atoms with Gasteiger partial charge in [0.25, 0.3) is 0 Å². The highest BCUT2D eigenvalue weighted by Crippen LogP contribution is 2.05. The minimum atomic E-state index is -0.503. The molecule has 1 aliphatic rings. The molecule has 1 rings (SSSR count). The SMILES string of the molecule is CC(C(=O)N(C)CC#CCN1CCCC1)N(C=O)CCN. The van der Waals surface area contributed by atoms with E-state index in [1.807, 2.05) is 0 Å². The highest BCUT2D eigenvalue weighted by atomic mass is 16.2. The number of rotatable bonds is 7. The summed E-state index contributed by atoms with van der Waals surface area (Å²) in [5.74, 6) is 6.00. The van der Waals surface area contributed by atoms with Gasteiger partial charge in [0.2, 0.25) is 12.3 Å². The lowest BCUT2D eigenvalue weighted by atomic mass is 10.2. The van der Waals surface area contributed by atoms with E-state index in [1.165, 1.54) is 17.7 Å². The van der Waals surface area contributed by atoms with Gasteiger partial charge in [0, 0.05) is 20.1 Å². The van der Waals surface area contributed by atoms with E-state index in [0.29, 0.717) is 26.0 Å². The molecule has 0 radical (unpaired) electrons. The van der Waals surface area contributed by atoms with Crippen molar-refractivity contribution in [2.24, 2.45) is 5.73 Å². The Bertz CT molecular complexity index is 396. The van der Waals surface area contributed by atoms with Crippen LogP contribution in [0.15, 0.2) is 0 Å². The van der Waals surface area contributed by atoms with Crippen molar-refractivity contribution in [3.8, 4) is 11.8 Å². The Morgan fingerprint density at radius 1 is 1.38 bits per heavy atom. The van der Waals surface area contributed by atoms with Crippen molar-refractivity contribution in [2.75, 3.05) is 46.3 Å². The number of carbonyl (C=O) groups excluding carboxylic acids is 2. The highest BCUT2D eigenvalue weighted by Gasteiger charge is 2.22. The third-order valence-corrected chi connectivity index (χ3v) is 3.70. The molecule has 1 fully saturated rings. The van der Waals surface area contributed by atoms with Crippen LogP contribution in [0.2, 0.25) is 0 Å². The second-order valence-corrected chi connectivity index (χ2v) is 5.34. The van der Waals surface area contributed by atoms with Crippen molar-refractivity contribution >= 4 is 12.3 Å². The maximum atomic E-state index is 12.2. The first-order chi connectivity index (χ1) is 10.1. The lowest BCUT2D eigenvalue weighted by molar-refractivity contribution is -0.138. The molecule has 0 spiro atoms. The highest BCUT2D eigenvalue weighted by molar-refractivity contribution is 5.83. The van der Waals surface area contributed by atoms with Gasteiger partial charge in [0.15, 0.2) is 0 Å². The average molecular weight is 294 g/mol. The van der Waals surface area contributed by atoms with E-state index < -0.39 is 6.04 Å². The topological polar surface area (TPSA) is 69.9 Å². The van der Waals surface area contributed by atoms with Crippen LogP contribution in [0.5, 0.6) is 0 Å². The molecule has 0 aliphatic carbocycles. The molecular weight excluding hydrogens is 268 g/mol. The lowest BCUT2D eigenvalue weighted by Gasteiger charge is -2.27. The molecule has 0 aromatic carbocycles. The van der Waals surface area contributed by atoms with Crippen LogP contribution in [0.4, 0.5) is 0 Å². The summed E-state index contributed by atoms with van der Waals surface area (Å²) < 4.78 is 0. The van der Waals surface area contributed by atoms with Gasteiger partial charge in [-0.3, -0.25) is 14.5 Å². The summed E-state index contributed by atoms with van der Waals surface area (Å²) in [6, 6.07) is -0.503. The first-order valence-corrected chi connectivity index (χ1v) is 7.44. The average Bonchev–Trinajstić information content (AvgIpc) is 3.00. The van der Waals surface area contributed by atoms with E-state index in [-0.39, 0.29) is 5.91 Å². The lowest BCUT2D eigenvalue weighted by Crippen LogP contribution is -2.46. The maximum Gasteiger partial charge on any atom is 0.245 e. The van der Waals surface area contributed by atoms with Gasteiger partial charge in [-0.05, 0) is 32.9 Å². The Balaban J connectivity index is 2.38. The van der Waals surface area contributed by atoms with Crippen molar-refractivity contribution in [1.29, 1.82) is 0 Å². The van der Waals surface area contributed by atoms with Gasteiger partial charge in [-0.25, -0.2) is 0 Å². The summed E-state index contributed by atoms with van der Waals surface area (Å²) >= 11 is 0. The van der Waals surface area contributed by atoms with Crippen LogP contribution in [0.3, 0.4) is 0 Å². The Labute approximate surface area is 127 Å². The van der Waals surface area contributed by atoms with Crippen LogP contribution >= 0.6 is 0 Å². The van der Waals surface area contributed by atoms with Crippen molar-refractivity contribution < 1.29 is 9.59 Å². The molecule has 1 atom stereocenters. The molecule has 2 amide bonds. The molecule has 1 heterocycles. The summed E-state index contributed by atoms with van der Waals surface area (Å²) in [4.78, 5) is 28.4. The van der Waals surface area contributed by atoms with Crippen LogP contribution in [-0.2, 0) is 9.59 Å². The van der Waals surface area contributed by atoms with Crippen LogP contribution in [0.25, 0.3) is 0 Å². The zero-order valence-electron chi connectivity index (χ0n) is 13.0. The van der Waals surface area contributed by atoms with E-state index in [9.17, 15) is 9.59 Å². The molecular formula is C15H26N4O2. The van der Waals surface area contributed by atoms with Gasteiger partial charge >= 0.3 is 0 Å². The van der Waals surface area contributed by atoms with Crippen LogP contribution in [-0.4, -0.2) is 79.4 Å². The molecule has 21 heavy (non-hydrogen) atoms. The smallest absolute Gasteiger partial charge is 0.245 e. The zero-order chi connectivity index (χ0) is 15.7. The third kappa shape index (κ3) is 5.74. The molecule has 1 unspecified atom stereocenters. The summed E-state index contributed by atoms with van der Waals surface area (Å²) in [6.07, 6.45) is 3.17. The molecule has 2 N–H and O–H groups in total. The molecule has 0 aromatic rings. The molecule has 6 nitrogen and oxygen atoms in total. The fraction of sp³-hybridized carbons (Fsp3) is 0.733. The van der Waals surface area contributed by atoms with E-state index in [0.717, 1.165) is 19.6 Å². The van der Waals surface area contributed by atoms with Crippen molar-refractivity contribution in [3.63, 3.8) is 0 Å². The van der Waals surface area contributed by atoms with Crippen molar-refractivity contribution in [2.45, 2.75) is 25.8 Å². The number of carbonyl (C=O) groups is 2. The quantitative estimate of drug-likeness (QED) is 0.500. The number of hydrogen-bond donors (Lipinski definition) is 1. The Kier molecular flexibility index (Phi) is 7.80. The monoisotopic (exact) mass is 294 g/mol.